The molecule has 0 aliphatic rings. The fourth-order valence-corrected chi connectivity index (χ4v) is 2.78. The monoisotopic (exact) mass is 273 g/mol. The lowest BCUT2D eigenvalue weighted by molar-refractivity contribution is 0.475. The molecule has 0 bridgehead atoms. The first-order chi connectivity index (χ1) is 9.19. The van der Waals surface area contributed by atoms with E-state index < -0.39 is 0 Å². The van der Waals surface area contributed by atoms with Gasteiger partial charge in [0.2, 0.25) is 0 Å². The molecule has 5 nitrogen and oxygen atoms in total. The van der Waals surface area contributed by atoms with Gasteiger partial charge in [-0.2, -0.15) is 0 Å². The summed E-state index contributed by atoms with van der Waals surface area (Å²) in [5, 5.41) is 9.27. The molecule has 0 aliphatic carbocycles. The van der Waals surface area contributed by atoms with Gasteiger partial charge in [-0.25, -0.2) is 4.98 Å². The third-order valence-electron chi connectivity index (χ3n) is 2.82. The molecule has 2 heterocycles. The minimum Gasteiger partial charge on any atom is -0.508 e. The van der Waals surface area contributed by atoms with Crippen molar-refractivity contribution in [2.24, 2.45) is 5.73 Å². The summed E-state index contributed by atoms with van der Waals surface area (Å²) in [7, 11) is 0. The molecule has 3 N–H and O–H groups in total. The second kappa shape index (κ2) is 4.49. The Morgan fingerprint density at radius 1 is 1.32 bits per heavy atom. The van der Waals surface area contributed by atoms with Crippen LogP contribution in [-0.2, 0) is 6.54 Å². The summed E-state index contributed by atoms with van der Waals surface area (Å²) < 4.78 is 2.05. The van der Waals surface area contributed by atoms with E-state index in [1.54, 1.807) is 12.1 Å². The Morgan fingerprint density at radius 2 is 2.05 bits per heavy atom. The minimum atomic E-state index is -0.125. The summed E-state index contributed by atoms with van der Waals surface area (Å²) in [5.41, 5.74) is 6.79. The van der Waals surface area contributed by atoms with E-state index in [2.05, 4.69) is 4.98 Å². The highest BCUT2D eigenvalue weighted by atomic mass is 32.1. The standard InChI is InChI=1S/C13H11N3O2S/c14-6-10-5-11-12(19-10)13(18)16(7-15-11)8-1-3-9(17)4-2-8/h1-5,7,17H,6,14H2. The average Bonchev–Trinajstić information content (AvgIpc) is 2.85. The first kappa shape index (κ1) is 11.9. The number of fused-ring (bicyclic) bond motifs is 1. The number of nitrogens with zero attached hydrogens (tertiary/aromatic N) is 2. The van der Waals surface area contributed by atoms with Gasteiger partial charge in [-0.1, -0.05) is 0 Å². The molecule has 0 unspecified atom stereocenters. The smallest absolute Gasteiger partial charge is 0.275 e. The number of thiophene rings is 1. The molecule has 6 heteroatoms. The molecule has 0 spiro atoms. The zero-order valence-electron chi connectivity index (χ0n) is 9.91. The van der Waals surface area contributed by atoms with Gasteiger partial charge in [-0.05, 0) is 30.3 Å². The lowest BCUT2D eigenvalue weighted by Gasteiger charge is -2.04. The van der Waals surface area contributed by atoms with Crippen molar-refractivity contribution >= 4 is 21.6 Å². The van der Waals surface area contributed by atoms with Crippen LogP contribution in [0.2, 0.25) is 0 Å². The Hall–Kier alpha value is -2.18. The molecule has 1 aromatic carbocycles. The fraction of sp³-hybridized carbons (Fsp3) is 0.0769. The summed E-state index contributed by atoms with van der Waals surface area (Å²) in [6, 6.07) is 8.24. The van der Waals surface area contributed by atoms with Gasteiger partial charge in [-0.3, -0.25) is 9.36 Å². The van der Waals surface area contributed by atoms with Crippen LogP contribution in [0.3, 0.4) is 0 Å². The normalized spacial score (nSPS) is 11.0. The molecular formula is C13H11N3O2S. The van der Waals surface area contributed by atoms with Crippen molar-refractivity contribution in [3.63, 3.8) is 0 Å². The van der Waals surface area contributed by atoms with Crippen LogP contribution in [0.4, 0.5) is 0 Å². The van der Waals surface area contributed by atoms with Crippen molar-refractivity contribution in [3.8, 4) is 11.4 Å². The van der Waals surface area contributed by atoms with E-state index in [9.17, 15) is 9.90 Å². The van der Waals surface area contributed by atoms with Crippen LogP contribution in [0.1, 0.15) is 4.88 Å². The van der Waals surface area contributed by atoms with Crippen LogP contribution in [-0.4, -0.2) is 14.7 Å². The van der Waals surface area contributed by atoms with E-state index in [0.29, 0.717) is 22.4 Å². The van der Waals surface area contributed by atoms with Crippen molar-refractivity contribution in [2.45, 2.75) is 6.54 Å². The maximum atomic E-state index is 12.4. The van der Waals surface area contributed by atoms with Gasteiger partial charge in [0.15, 0.2) is 0 Å². The van der Waals surface area contributed by atoms with Crippen LogP contribution >= 0.6 is 11.3 Å². The van der Waals surface area contributed by atoms with E-state index in [1.807, 2.05) is 6.07 Å². The number of phenolic OH excluding ortho intramolecular Hbond substituents is 1. The number of hydrogen-bond donors (Lipinski definition) is 2. The first-order valence-electron chi connectivity index (χ1n) is 5.68. The zero-order chi connectivity index (χ0) is 13.4. The number of aromatic nitrogens is 2. The highest BCUT2D eigenvalue weighted by Crippen LogP contribution is 2.21. The van der Waals surface area contributed by atoms with Gasteiger partial charge < -0.3 is 10.8 Å². The van der Waals surface area contributed by atoms with Crippen LogP contribution in [0.5, 0.6) is 5.75 Å². The lowest BCUT2D eigenvalue weighted by Crippen LogP contribution is -2.17. The fourth-order valence-electron chi connectivity index (χ4n) is 1.86. The quantitative estimate of drug-likeness (QED) is 0.743. The second-order valence-corrected chi connectivity index (χ2v) is 5.20. The predicted octanol–water partition coefficient (Wildman–Crippen LogP) is 1.61. The van der Waals surface area contributed by atoms with E-state index in [1.165, 1.54) is 34.4 Å². The van der Waals surface area contributed by atoms with E-state index in [-0.39, 0.29) is 11.3 Å². The molecule has 0 atom stereocenters. The Balaban J connectivity index is 2.22. The number of aromatic hydroxyl groups is 1. The van der Waals surface area contributed by atoms with Crippen molar-refractivity contribution in [3.05, 3.63) is 51.9 Å². The van der Waals surface area contributed by atoms with Crippen LogP contribution in [0, 0.1) is 0 Å². The van der Waals surface area contributed by atoms with Gasteiger partial charge in [0, 0.05) is 11.4 Å². The molecular weight excluding hydrogens is 262 g/mol. The molecule has 96 valence electrons. The number of phenols is 1. The summed E-state index contributed by atoms with van der Waals surface area (Å²) >= 11 is 1.37. The molecule has 19 heavy (non-hydrogen) atoms. The van der Waals surface area contributed by atoms with Crippen LogP contribution < -0.4 is 11.3 Å². The van der Waals surface area contributed by atoms with Gasteiger partial charge in [0.1, 0.15) is 16.8 Å². The number of benzene rings is 1. The van der Waals surface area contributed by atoms with Gasteiger partial charge in [0.05, 0.1) is 11.2 Å². The molecule has 0 amide bonds. The zero-order valence-corrected chi connectivity index (χ0v) is 10.7. The number of hydrogen-bond acceptors (Lipinski definition) is 5. The van der Waals surface area contributed by atoms with E-state index >= 15 is 0 Å². The number of rotatable bonds is 2. The lowest BCUT2D eigenvalue weighted by atomic mass is 10.3. The molecule has 0 fully saturated rings. The van der Waals surface area contributed by atoms with Crippen molar-refractivity contribution in [1.82, 2.24) is 9.55 Å². The molecule has 3 aromatic rings. The maximum Gasteiger partial charge on any atom is 0.275 e. The summed E-state index contributed by atoms with van der Waals surface area (Å²) in [4.78, 5) is 17.6. The van der Waals surface area contributed by atoms with Crippen molar-refractivity contribution in [1.29, 1.82) is 0 Å². The van der Waals surface area contributed by atoms with E-state index in [4.69, 9.17) is 5.73 Å². The van der Waals surface area contributed by atoms with Gasteiger partial charge in [-0.15, -0.1) is 11.3 Å². The average molecular weight is 273 g/mol. The van der Waals surface area contributed by atoms with Gasteiger partial charge in [0.25, 0.3) is 5.56 Å². The summed E-state index contributed by atoms with van der Waals surface area (Å²) in [6.07, 6.45) is 1.49. The Labute approximate surface area is 112 Å². The summed E-state index contributed by atoms with van der Waals surface area (Å²) in [6.45, 7) is 0.402. The SMILES string of the molecule is NCc1cc2ncn(-c3ccc(O)cc3)c(=O)c2s1. The van der Waals surface area contributed by atoms with Gasteiger partial charge >= 0.3 is 0 Å². The third kappa shape index (κ3) is 2.00. The third-order valence-corrected chi connectivity index (χ3v) is 3.95. The minimum absolute atomic E-state index is 0.125. The molecule has 0 saturated carbocycles. The Kier molecular flexibility index (Phi) is 2.81. The first-order valence-corrected chi connectivity index (χ1v) is 6.50. The van der Waals surface area contributed by atoms with Crippen LogP contribution in [0.25, 0.3) is 15.9 Å². The highest BCUT2D eigenvalue weighted by molar-refractivity contribution is 7.18. The maximum absolute atomic E-state index is 12.4. The Bertz CT molecular complexity index is 790. The predicted molar refractivity (Wildman–Crippen MR) is 74.8 cm³/mol. The topological polar surface area (TPSA) is 81.1 Å². The van der Waals surface area contributed by atoms with E-state index in [0.717, 1.165) is 4.88 Å². The molecule has 0 radical (unpaired) electrons. The highest BCUT2D eigenvalue weighted by Gasteiger charge is 2.09. The molecule has 3 rings (SSSR count). The molecule has 0 aliphatic heterocycles. The second-order valence-electron chi connectivity index (χ2n) is 4.07. The van der Waals surface area contributed by atoms with Crippen molar-refractivity contribution < 1.29 is 5.11 Å². The van der Waals surface area contributed by atoms with Crippen molar-refractivity contribution in [2.75, 3.05) is 0 Å². The Morgan fingerprint density at radius 3 is 2.74 bits per heavy atom. The number of nitrogens with two attached hydrogens (primary N) is 1. The summed E-state index contributed by atoms with van der Waals surface area (Å²) in [5.74, 6) is 0.160. The molecule has 2 aromatic heterocycles. The van der Waals surface area contributed by atoms with Crippen LogP contribution in [0.15, 0.2) is 41.5 Å². The molecule has 0 saturated heterocycles. The largest absolute Gasteiger partial charge is 0.508 e.